The third kappa shape index (κ3) is 4.29. The molecule has 33 heavy (non-hydrogen) atoms. The predicted octanol–water partition coefficient (Wildman–Crippen LogP) is 3.53. The molecule has 1 aliphatic rings. The molecule has 0 radical (unpaired) electrons. The second-order valence-electron chi connectivity index (χ2n) is 8.33. The van der Waals surface area contributed by atoms with Crippen LogP contribution in [0.4, 0.5) is 4.39 Å². The van der Waals surface area contributed by atoms with Gasteiger partial charge in [-0.15, -0.1) is 0 Å². The molecule has 168 valence electrons. The summed E-state index contributed by atoms with van der Waals surface area (Å²) in [6, 6.07) is 11.5. The van der Waals surface area contributed by atoms with Gasteiger partial charge in [-0.25, -0.2) is 4.39 Å². The summed E-state index contributed by atoms with van der Waals surface area (Å²) in [6.07, 6.45) is 3.26. The summed E-state index contributed by atoms with van der Waals surface area (Å²) in [5.41, 5.74) is 3.12. The van der Waals surface area contributed by atoms with E-state index >= 15 is 0 Å². The third-order valence-electron chi connectivity index (χ3n) is 5.87. The molecule has 5 rings (SSSR count). The van der Waals surface area contributed by atoms with Crippen LogP contribution in [-0.2, 0) is 11.3 Å². The molecule has 1 N–H and O–H groups in total. The summed E-state index contributed by atoms with van der Waals surface area (Å²) in [6.45, 7) is 3.75. The summed E-state index contributed by atoms with van der Waals surface area (Å²) >= 11 is 0. The maximum Gasteiger partial charge on any atom is 0.258 e. The van der Waals surface area contributed by atoms with Gasteiger partial charge in [-0.05, 0) is 59.8 Å². The number of amides is 1. The third-order valence-corrected chi connectivity index (χ3v) is 5.87. The van der Waals surface area contributed by atoms with Gasteiger partial charge >= 0.3 is 0 Å². The van der Waals surface area contributed by atoms with Gasteiger partial charge in [-0.3, -0.25) is 9.59 Å². The van der Waals surface area contributed by atoms with Gasteiger partial charge in [0, 0.05) is 35.2 Å². The van der Waals surface area contributed by atoms with E-state index in [2.05, 4.69) is 10.5 Å². The van der Waals surface area contributed by atoms with E-state index < -0.39 is 5.82 Å². The minimum Gasteiger partial charge on any atom is -0.381 e. The molecule has 4 aromatic rings. The predicted molar refractivity (Wildman–Crippen MR) is 121 cm³/mol. The molecule has 0 spiro atoms. The van der Waals surface area contributed by atoms with Gasteiger partial charge in [0.2, 0.25) is 0 Å². The zero-order valence-corrected chi connectivity index (χ0v) is 18.0. The lowest BCUT2D eigenvalue weighted by atomic mass is 10.0. The lowest BCUT2D eigenvalue weighted by Gasteiger charge is -2.25. The molecular weight excluding hydrogens is 425 g/mol. The van der Waals surface area contributed by atoms with E-state index in [1.54, 1.807) is 24.6 Å². The van der Waals surface area contributed by atoms with E-state index in [9.17, 15) is 14.0 Å². The minimum absolute atomic E-state index is 0.149. The van der Waals surface area contributed by atoms with Crippen LogP contribution in [0, 0.1) is 18.7 Å². The molecule has 0 saturated carbocycles. The van der Waals surface area contributed by atoms with Gasteiger partial charge in [0.05, 0.1) is 25.5 Å². The number of halogens is 1. The summed E-state index contributed by atoms with van der Waals surface area (Å²) in [7, 11) is 0. The van der Waals surface area contributed by atoms with Gasteiger partial charge in [0.1, 0.15) is 12.1 Å². The molecule has 1 amide bonds. The standard InChI is InChI=1S/C25H22FN3O4/c1-15-23(14-33-28-15)18-2-3-22-19(8-18)4-5-29(25(22)31)11-16-6-20(9-21(26)7-16)24(30)27-10-17-12-32-13-17/h2-9,14,17H,10-13H2,1H3,(H,27,30). The van der Waals surface area contributed by atoms with Crippen molar-refractivity contribution in [3.8, 4) is 11.1 Å². The van der Waals surface area contributed by atoms with Crippen LogP contribution < -0.4 is 10.9 Å². The van der Waals surface area contributed by atoms with Crippen molar-refractivity contribution in [1.29, 1.82) is 0 Å². The Bertz CT molecular complexity index is 1400. The Morgan fingerprint density at radius 1 is 1.21 bits per heavy atom. The van der Waals surface area contributed by atoms with Crippen molar-refractivity contribution < 1.29 is 18.4 Å². The molecule has 0 atom stereocenters. The first-order valence-corrected chi connectivity index (χ1v) is 10.7. The molecule has 0 unspecified atom stereocenters. The van der Waals surface area contributed by atoms with Crippen molar-refractivity contribution in [1.82, 2.24) is 15.0 Å². The van der Waals surface area contributed by atoms with Gasteiger partial charge in [-0.2, -0.15) is 0 Å². The summed E-state index contributed by atoms with van der Waals surface area (Å²) in [4.78, 5) is 25.5. The zero-order valence-electron chi connectivity index (χ0n) is 18.0. The topological polar surface area (TPSA) is 86.4 Å². The average Bonchev–Trinajstić information content (AvgIpc) is 3.20. The number of carbonyl (C=O) groups is 1. The van der Waals surface area contributed by atoms with Crippen molar-refractivity contribution in [2.24, 2.45) is 5.92 Å². The van der Waals surface area contributed by atoms with Crippen LogP contribution in [-0.4, -0.2) is 35.4 Å². The Labute approximate surface area is 188 Å². The highest BCUT2D eigenvalue weighted by atomic mass is 19.1. The van der Waals surface area contributed by atoms with Crippen LogP contribution in [0.25, 0.3) is 21.9 Å². The number of ether oxygens (including phenoxy) is 1. The number of aromatic nitrogens is 2. The highest BCUT2D eigenvalue weighted by molar-refractivity contribution is 5.94. The lowest BCUT2D eigenvalue weighted by molar-refractivity contribution is -0.0298. The van der Waals surface area contributed by atoms with Crippen molar-refractivity contribution in [2.45, 2.75) is 13.5 Å². The van der Waals surface area contributed by atoms with E-state index in [-0.39, 0.29) is 23.6 Å². The highest BCUT2D eigenvalue weighted by Gasteiger charge is 2.19. The van der Waals surface area contributed by atoms with Crippen molar-refractivity contribution in [3.05, 3.63) is 87.9 Å². The van der Waals surface area contributed by atoms with Crippen molar-refractivity contribution in [3.63, 3.8) is 0 Å². The molecule has 2 aromatic carbocycles. The fourth-order valence-electron chi connectivity index (χ4n) is 3.96. The van der Waals surface area contributed by atoms with Crippen molar-refractivity contribution >= 4 is 16.7 Å². The highest BCUT2D eigenvalue weighted by Crippen LogP contribution is 2.25. The number of nitrogens with one attached hydrogen (secondary N) is 1. The second-order valence-corrected chi connectivity index (χ2v) is 8.33. The first-order chi connectivity index (χ1) is 16.0. The zero-order chi connectivity index (χ0) is 22.9. The lowest BCUT2D eigenvalue weighted by Crippen LogP contribution is -2.39. The Morgan fingerprint density at radius 2 is 2.06 bits per heavy atom. The van der Waals surface area contributed by atoms with Crippen LogP contribution in [0.1, 0.15) is 21.6 Å². The van der Waals surface area contributed by atoms with E-state index in [1.807, 2.05) is 25.1 Å². The molecule has 0 bridgehead atoms. The Balaban J connectivity index is 1.40. The smallest absolute Gasteiger partial charge is 0.258 e. The molecule has 1 saturated heterocycles. The van der Waals surface area contributed by atoms with E-state index in [0.717, 1.165) is 22.2 Å². The summed E-state index contributed by atoms with van der Waals surface area (Å²) < 4.78 is 25.9. The number of rotatable bonds is 6. The van der Waals surface area contributed by atoms with Gasteiger partial charge in [0.15, 0.2) is 0 Å². The first kappa shape index (κ1) is 21.1. The minimum atomic E-state index is -0.521. The van der Waals surface area contributed by atoms with Crippen LogP contribution in [0.3, 0.4) is 0 Å². The quantitative estimate of drug-likeness (QED) is 0.489. The van der Waals surface area contributed by atoms with Gasteiger partial charge in [-0.1, -0.05) is 11.2 Å². The number of benzene rings is 2. The summed E-state index contributed by atoms with van der Waals surface area (Å²) in [5.74, 6) is -0.565. The molecule has 1 fully saturated rings. The number of aryl methyl sites for hydroxylation is 1. The van der Waals surface area contributed by atoms with E-state index in [0.29, 0.717) is 36.6 Å². The van der Waals surface area contributed by atoms with E-state index in [1.165, 1.54) is 16.7 Å². The number of hydrogen-bond acceptors (Lipinski definition) is 5. The molecule has 2 aromatic heterocycles. The average molecular weight is 447 g/mol. The van der Waals surface area contributed by atoms with Crippen LogP contribution in [0.5, 0.6) is 0 Å². The van der Waals surface area contributed by atoms with Gasteiger partial charge < -0.3 is 19.1 Å². The number of nitrogens with zero attached hydrogens (tertiary/aromatic N) is 2. The normalized spacial score (nSPS) is 13.8. The second kappa shape index (κ2) is 8.63. The van der Waals surface area contributed by atoms with Crippen LogP contribution >= 0.6 is 0 Å². The largest absolute Gasteiger partial charge is 0.381 e. The molecular formula is C25H22FN3O4. The first-order valence-electron chi connectivity index (χ1n) is 10.7. The van der Waals surface area contributed by atoms with Gasteiger partial charge in [0.25, 0.3) is 11.5 Å². The van der Waals surface area contributed by atoms with Crippen LogP contribution in [0.2, 0.25) is 0 Å². The maximum absolute atomic E-state index is 14.2. The Hall–Kier alpha value is -3.78. The summed E-state index contributed by atoms with van der Waals surface area (Å²) in [5, 5.41) is 8.04. The molecule has 1 aliphatic heterocycles. The molecule has 7 nitrogen and oxygen atoms in total. The number of fused-ring (bicyclic) bond motifs is 1. The monoisotopic (exact) mass is 447 g/mol. The van der Waals surface area contributed by atoms with Crippen molar-refractivity contribution in [2.75, 3.05) is 19.8 Å². The Morgan fingerprint density at radius 3 is 2.79 bits per heavy atom. The number of hydrogen-bond donors (Lipinski definition) is 1. The number of pyridine rings is 1. The fraction of sp³-hybridized carbons (Fsp3) is 0.240. The Kier molecular flexibility index (Phi) is 5.51. The van der Waals surface area contributed by atoms with E-state index in [4.69, 9.17) is 9.26 Å². The molecule has 8 heteroatoms. The fourth-order valence-corrected chi connectivity index (χ4v) is 3.96. The SMILES string of the molecule is Cc1nocc1-c1ccc2c(=O)n(Cc3cc(F)cc(C(=O)NCC4COC4)c3)ccc2c1. The number of carbonyl (C=O) groups excluding carboxylic acids is 1. The molecule has 0 aliphatic carbocycles. The maximum atomic E-state index is 14.2. The van der Waals surface area contributed by atoms with Crippen LogP contribution in [0.15, 0.2) is 64.2 Å². The molecule has 3 heterocycles.